The van der Waals surface area contributed by atoms with E-state index in [0.717, 1.165) is 30.6 Å². The average molecular weight is 356 g/mol. The van der Waals surface area contributed by atoms with Crippen LogP contribution in [0.2, 0.25) is 0 Å². The molecule has 25 heavy (non-hydrogen) atoms. The maximum Gasteiger partial charge on any atom is 0.254 e. The third-order valence-electron chi connectivity index (χ3n) is 4.98. The van der Waals surface area contributed by atoms with Crippen LogP contribution in [0.4, 0.5) is 5.69 Å². The maximum atomic E-state index is 13.0. The van der Waals surface area contributed by atoms with E-state index >= 15 is 0 Å². The summed E-state index contributed by atoms with van der Waals surface area (Å²) in [6, 6.07) is 7.65. The van der Waals surface area contributed by atoms with Crippen LogP contribution >= 0.6 is 11.3 Å². The van der Waals surface area contributed by atoms with E-state index in [1.165, 1.54) is 10.4 Å². The van der Waals surface area contributed by atoms with Crippen LogP contribution in [0.3, 0.4) is 0 Å². The topological polar surface area (TPSA) is 49.4 Å². The van der Waals surface area contributed by atoms with Crippen molar-refractivity contribution in [3.05, 3.63) is 51.2 Å². The Morgan fingerprint density at radius 3 is 2.88 bits per heavy atom. The van der Waals surface area contributed by atoms with Crippen LogP contribution in [0.1, 0.15) is 46.6 Å². The number of anilines is 1. The quantitative estimate of drug-likeness (QED) is 0.891. The largest absolute Gasteiger partial charge is 0.334 e. The first-order valence-electron chi connectivity index (χ1n) is 8.76. The van der Waals surface area contributed by atoms with Crippen molar-refractivity contribution >= 4 is 28.8 Å². The van der Waals surface area contributed by atoms with E-state index in [0.29, 0.717) is 12.1 Å². The fourth-order valence-corrected chi connectivity index (χ4v) is 3.93. The second-order valence-corrected chi connectivity index (χ2v) is 7.62. The lowest BCUT2D eigenvalue weighted by atomic mass is 10.0. The van der Waals surface area contributed by atoms with Crippen LogP contribution in [0, 0.1) is 12.8 Å². The van der Waals surface area contributed by atoms with Crippen molar-refractivity contribution in [3.63, 3.8) is 0 Å². The number of benzene rings is 1. The number of rotatable bonds is 4. The van der Waals surface area contributed by atoms with Crippen LogP contribution in [0.5, 0.6) is 0 Å². The van der Waals surface area contributed by atoms with Gasteiger partial charge in [-0.05, 0) is 54.5 Å². The summed E-state index contributed by atoms with van der Waals surface area (Å²) in [4.78, 5) is 28.5. The number of hydrogen-bond acceptors (Lipinski definition) is 3. The SMILES string of the molecule is CCC(C)C(=O)Nc1cccc(C(=O)N2CCc3sccc3C2)c1C. The molecular formula is C20H24N2O2S. The Balaban J connectivity index is 1.80. The molecule has 1 atom stereocenters. The summed E-state index contributed by atoms with van der Waals surface area (Å²) in [5.74, 6) is -0.0112. The van der Waals surface area contributed by atoms with Gasteiger partial charge in [-0.3, -0.25) is 9.59 Å². The number of carbonyl (C=O) groups excluding carboxylic acids is 2. The van der Waals surface area contributed by atoms with Crippen molar-refractivity contribution in [1.29, 1.82) is 0 Å². The van der Waals surface area contributed by atoms with E-state index in [-0.39, 0.29) is 17.7 Å². The van der Waals surface area contributed by atoms with Crippen molar-refractivity contribution in [2.75, 3.05) is 11.9 Å². The molecule has 3 rings (SSSR count). The molecule has 5 heteroatoms. The molecule has 0 fully saturated rings. The minimum Gasteiger partial charge on any atom is -0.334 e. The zero-order valence-corrected chi connectivity index (χ0v) is 15.8. The van der Waals surface area contributed by atoms with Crippen LogP contribution in [0.25, 0.3) is 0 Å². The Hall–Kier alpha value is -2.14. The molecular weight excluding hydrogens is 332 g/mol. The van der Waals surface area contributed by atoms with Crippen LogP contribution in [-0.2, 0) is 17.8 Å². The lowest BCUT2D eigenvalue weighted by Crippen LogP contribution is -2.35. The average Bonchev–Trinajstić information content (AvgIpc) is 3.09. The highest BCUT2D eigenvalue weighted by Crippen LogP contribution is 2.27. The second-order valence-electron chi connectivity index (χ2n) is 6.62. The minimum atomic E-state index is -0.0436. The van der Waals surface area contributed by atoms with Crippen molar-refractivity contribution in [1.82, 2.24) is 4.90 Å². The Bertz CT molecular complexity index is 797. The highest BCUT2D eigenvalue weighted by Gasteiger charge is 2.24. The first-order valence-corrected chi connectivity index (χ1v) is 9.64. The van der Waals surface area contributed by atoms with Crippen molar-refractivity contribution in [2.45, 2.75) is 40.2 Å². The predicted molar refractivity (Wildman–Crippen MR) is 102 cm³/mol. The van der Waals surface area contributed by atoms with Gasteiger partial charge < -0.3 is 10.2 Å². The Morgan fingerprint density at radius 1 is 1.32 bits per heavy atom. The van der Waals surface area contributed by atoms with E-state index in [1.807, 2.05) is 43.9 Å². The summed E-state index contributed by atoms with van der Waals surface area (Å²) in [5, 5.41) is 5.05. The molecule has 0 radical (unpaired) electrons. The summed E-state index contributed by atoms with van der Waals surface area (Å²) in [5.41, 5.74) is 3.48. The fourth-order valence-electron chi connectivity index (χ4n) is 3.04. The number of fused-ring (bicyclic) bond motifs is 1. The molecule has 2 heterocycles. The number of nitrogens with one attached hydrogen (secondary N) is 1. The fraction of sp³-hybridized carbons (Fsp3) is 0.400. The van der Waals surface area contributed by atoms with E-state index in [1.54, 1.807) is 11.3 Å². The van der Waals surface area contributed by atoms with Gasteiger partial charge in [-0.1, -0.05) is 19.9 Å². The molecule has 2 aromatic rings. The van der Waals surface area contributed by atoms with Crippen molar-refractivity contribution in [2.24, 2.45) is 5.92 Å². The van der Waals surface area contributed by atoms with Gasteiger partial charge in [0, 0.05) is 35.1 Å². The second kappa shape index (κ2) is 7.40. The monoisotopic (exact) mass is 356 g/mol. The van der Waals surface area contributed by atoms with Gasteiger partial charge in [-0.2, -0.15) is 0 Å². The minimum absolute atomic E-state index is 0.00362. The lowest BCUT2D eigenvalue weighted by Gasteiger charge is -2.28. The third-order valence-corrected chi connectivity index (χ3v) is 6.00. The first kappa shape index (κ1) is 17.7. The van der Waals surface area contributed by atoms with Gasteiger partial charge in [0.15, 0.2) is 0 Å². The molecule has 0 bridgehead atoms. The van der Waals surface area contributed by atoms with Crippen LogP contribution in [-0.4, -0.2) is 23.3 Å². The number of nitrogens with zero attached hydrogens (tertiary/aromatic N) is 1. The Morgan fingerprint density at radius 2 is 2.12 bits per heavy atom. The highest BCUT2D eigenvalue weighted by atomic mass is 32.1. The molecule has 0 spiro atoms. The van der Waals surface area contributed by atoms with Gasteiger partial charge in [-0.25, -0.2) is 0 Å². The van der Waals surface area contributed by atoms with Gasteiger partial charge >= 0.3 is 0 Å². The van der Waals surface area contributed by atoms with Gasteiger partial charge in [-0.15, -0.1) is 11.3 Å². The standard InChI is InChI=1S/C20H24N2O2S/c1-4-13(2)19(23)21-17-7-5-6-16(14(17)3)20(24)22-10-8-18-15(12-22)9-11-25-18/h5-7,9,11,13H,4,8,10,12H2,1-3H3,(H,21,23). The summed E-state index contributed by atoms with van der Waals surface area (Å²) in [7, 11) is 0. The number of carbonyl (C=O) groups is 2. The van der Waals surface area contributed by atoms with E-state index in [9.17, 15) is 9.59 Å². The highest BCUT2D eigenvalue weighted by molar-refractivity contribution is 7.10. The normalized spacial score (nSPS) is 14.8. The molecule has 1 aromatic carbocycles. The molecule has 0 aliphatic carbocycles. The Labute approximate surface area is 152 Å². The van der Waals surface area contributed by atoms with Gasteiger partial charge in [0.1, 0.15) is 0 Å². The molecule has 0 saturated carbocycles. The Kier molecular flexibility index (Phi) is 5.23. The molecule has 132 valence electrons. The molecule has 0 saturated heterocycles. The predicted octanol–water partition coefficient (Wildman–Crippen LogP) is 4.24. The molecule has 1 aliphatic heterocycles. The van der Waals surface area contributed by atoms with Gasteiger partial charge in [0.05, 0.1) is 0 Å². The van der Waals surface area contributed by atoms with Gasteiger partial charge in [0.25, 0.3) is 5.91 Å². The molecule has 2 amide bonds. The van der Waals surface area contributed by atoms with E-state index < -0.39 is 0 Å². The van der Waals surface area contributed by atoms with Crippen molar-refractivity contribution < 1.29 is 9.59 Å². The number of amides is 2. The lowest BCUT2D eigenvalue weighted by molar-refractivity contribution is -0.119. The van der Waals surface area contributed by atoms with Crippen molar-refractivity contribution in [3.8, 4) is 0 Å². The molecule has 1 aliphatic rings. The van der Waals surface area contributed by atoms with Crippen LogP contribution in [0.15, 0.2) is 29.6 Å². The zero-order chi connectivity index (χ0) is 18.0. The molecule has 4 nitrogen and oxygen atoms in total. The van der Waals surface area contributed by atoms with E-state index in [2.05, 4.69) is 16.8 Å². The summed E-state index contributed by atoms with van der Waals surface area (Å²) in [6.07, 6.45) is 1.71. The third kappa shape index (κ3) is 3.61. The summed E-state index contributed by atoms with van der Waals surface area (Å²) in [6.45, 7) is 7.22. The number of hydrogen-bond donors (Lipinski definition) is 1. The van der Waals surface area contributed by atoms with Crippen LogP contribution < -0.4 is 5.32 Å². The maximum absolute atomic E-state index is 13.0. The smallest absolute Gasteiger partial charge is 0.254 e. The summed E-state index contributed by atoms with van der Waals surface area (Å²) >= 11 is 1.77. The first-order chi connectivity index (χ1) is 12.0. The number of thiophene rings is 1. The van der Waals surface area contributed by atoms with Gasteiger partial charge in [0.2, 0.25) is 5.91 Å². The molecule has 1 unspecified atom stereocenters. The summed E-state index contributed by atoms with van der Waals surface area (Å²) < 4.78 is 0. The molecule has 1 N–H and O–H groups in total. The van der Waals surface area contributed by atoms with E-state index in [4.69, 9.17) is 0 Å². The molecule has 1 aromatic heterocycles. The zero-order valence-electron chi connectivity index (χ0n) is 15.0.